The Bertz CT molecular complexity index is 928. The topological polar surface area (TPSA) is 68.9 Å². The minimum absolute atomic E-state index is 0.0224. The smallest absolute Gasteiger partial charge is 0.307 e. The fraction of sp³-hybridized carbons (Fsp3) is 0.188. The highest BCUT2D eigenvalue weighted by molar-refractivity contribution is 7.07. The first-order valence-electron chi connectivity index (χ1n) is 7.24. The van der Waals surface area contributed by atoms with Gasteiger partial charge in [0, 0.05) is 22.2 Å². The molecule has 24 heavy (non-hydrogen) atoms. The lowest BCUT2D eigenvalue weighted by Crippen LogP contribution is -2.26. The van der Waals surface area contributed by atoms with Gasteiger partial charge in [0.1, 0.15) is 12.4 Å². The zero-order valence-corrected chi connectivity index (χ0v) is 14.5. The molecule has 8 heteroatoms. The van der Waals surface area contributed by atoms with Gasteiger partial charge in [-0.15, -0.1) is 0 Å². The SMILES string of the molecule is Cc1csc(=O)n1CC(=O)Nc1ccnn1Cc1ccccc1Cl. The predicted octanol–water partition coefficient (Wildman–Crippen LogP) is 2.76. The van der Waals surface area contributed by atoms with E-state index in [4.69, 9.17) is 11.6 Å². The number of hydrogen-bond acceptors (Lipinski definition) is 4. The van der Waals surface area contributed by atoms with Gasteiger partial charge in [-0.05, 0) is 18.6 Å². The molecule has 0 saturated heterocycles. The van der Waals surface area contributed by atoms with Crippen LogP contribution >= 0.6 is 22.9 Å². The van der Waals surface area contributed by atoms with E-state index in [9.17, 15) is 9.59 Å². The molecule has 0 aliphatic carbocycles. The average molecular weight is 363 g/mol. The van der Waals surface area contributed by atoms with Crippen molar-refractivity contribution in [2.24, 2.45) is 0 Å². The van der Waals surface area contributed by atoms with Crippen LogP contribution in [0.4, 0.5) is 5.82 Å². The van der Waals surface area contributed by atoms with Crippen molar-refractivity contribution in [1.29, 1.82) is 0 Å². The molecule has 0 radical (unpaired) electrons. The molecule has 3 aromatic rings. The quantitative estimate of drug-likeness (QED) is 0.758. The number of nitrogens with one attached hydrogen (secondary N) is 1. The Kier molecular flexibility index (Phi) is 4.82. The molecule has 3 rings (SSSR count). The number of aryl methyl sites for hydroxylation is 1. The number of carbonyl (C=O) groups excluding carboxylic acids is 1. The molecule has 0 aliphatic heterocycles. The van der Waals surface area contributed by atoms with Crippen molar-refractivity contribution in [2.75, 3.05) is 5.32 Å². The molecule has 0 saturated carbocycles. The second-order valence-electron chi connectivity index (χ2n) is 5.24. The van der Waals surface area contributed by atoms with Gasteiger partial charge in [-0.2, -0.15) is 5.10 Å². The molecule has 1 aromatic carbocycles. The standard InChI is InChI=1S/C16H15ClN4O2S/c1-11-10-24-16(23)20(11)9-15(22)19-14-6-7-18-21(14)8-12-4-2-3-5-13(12)17/h2-7,10H,8-9H2,1H3,(H,19,22). The summed E-state index contributed by atoms with van der Waals surface area (Å²) in [5.41, 5.74) is 1.67. The van der Waals surface area contributed by atoms with Crippen LogP contribution in [0.1, 0.15) is 11.3 Å². The summed E-state index contributed by atoms with van der Waals surface area (Å²) in [5.74, 6) is 0.278. The monoisotopic (exact) mass is 362 g/mol. The van der Waals surface area contributed by atoms with Crippen molar-refractivity contribution in [3.05, 3.63) is 67.9 Å². The van der Waals surface area contributed by atoms with Crippen molar-refractivity contribution < 1.29 is 4.79 Å². The van der Waals surface area contributed by atoms with E-state index in [-0.39, 0.29) is 17.3 Å². The number of carbonyl (C=O) groups is 1. The molecule has 124 valence electrons. The molecule has 0 atom stereocenters. The predicted molar refractivity (Wildman–Crippen MR) is 94.7 cm³/mol. The number of anilines is 1. The lowest BCUT2D eigenvalue weighted by atomic mass is 10.2. The van der Waals surface area contributed by atoms with Crippen molar-refractivity contribution in [1.82, 2.24) is 14.3 Å². The van der Waals surface area contributed by atoms with Gasteiger partial charge >= 0.3 is 4.87 Å². The van der Waals surface area contributed by atoms with Crippen molar-refractivity contribution in [2.45, 2.75) is 20.0 Å². The highest BCUT2D eigenvalue weighted by atomic mass is 35.5. The van der Waals surface area contributed by atoms with Crippen LogP contribution < -0.4 is 10.2 Å². The first-order chi connectivity index (χ1) is 11.5. The van der Waals surface area contributed by atoms with E-state index in [1.807, 2.05) is 24.3 Å². The molecule has 0 fully saturated rings. The number of aromatic nitrogens is 3. The summed E-state index contributed by atoms with van der Waals surface area (Å²) >= 11 is 7.25. The van der Waals surface area contributed by atoms with E-state index in [1.165, 1.54) is 4.57 Å². The summed E-state index contributed by atoms with van der Waals surface area (Å²) in [6.45, 7) is 2.22. The van der Waals surface area contributed by atoms with E-state index in [2.05, 4.69) is 10.4 Å². The van der Waals surface area contributed by atoms with E-state index in [0.29, 0.717) is 17.4 Å². The van der Waals surface area contributed by atoms with E-state index < -0.39 is 0 Å². The summed E-state index contributed by atoms with van der Waals surface area (Å²) in [6.07, 6.45) is 1.61. The minimum atomic E-state index is -0.278. The van der Waals surface area contributed by atoms with Gasteiger partial charge in [0.05, 0.1) is 12.7 Å². The molecule has 0 unspecified atom stereocenters. The van der Waals surface area contributed by atoms with Crippen molar-refractivity contribution >= 4 is 34.7 Å². The maximum atomic E-state index is 12.2. The molecule has 1 amide bonds. The molecule has 2 aromatic heterocycles. The molecular weight excluding hydrogens is 348 g/mol. The fourth-order valence-corrected chi connectivity index (χ4v) is 3.20. The Balaban J connectivity index is 1.73. The average Bonchev–Trinajstić information content (AvgIpc) is 3.11. The van der Waals surface area contributed by atoms with Gasteiger partial charge in [0.2, 0.25) is 5.91 Å². The fourth-order valence-electron chi connectivity index (χ4n) is 2.27. The van der Waals surface area contributed by atoms with Crippen LogP contribution in [0.25, 0.3) is 0 Å². The Labute approximate surface area is 147 Å². The number of thiazole rings is 1. The second kappa shape index (κ2) is 7.02. The van der Waals surface area contributed by atoms with Gasteiger partial charge in [0.25, 0.3) is 0 Å². The molecule has 1 N–H and O–H groups in total. The number of halogens is 1. The van der Waals surface area contributed by atoms with Crippen LogP contribution in [-0.2, 0) is 17.9 Å². The first-order valence-corrected chi connectivity index (χ1v) is 8.50. The van der Waals surface area contributed by atoms with Crippen LogP contribution in [0.3, 0.4) is 0 Å². The number of hydrogen-bond donors (Lipinski definition) is 1. The number of rotatable bonds is 5. The molecule has 2 heterocycles. The largest absolute Gasteiger partial charge is 0.309 e. The Morgan fingerprint density at radius 2 is 2.12 bits per heavy atom. The summed E-state index contributed by atoms with van der Waals surface area (Å²) in [4.78, 5) is 23.8. The van der Waals surface area contributed by atoms with E-state index in [1.54, 1.807) is 29.2 Å². The maximum Gasteiger partial charge on any atom is 0.307 e. The van der Waals surface area contributed by atoms with Gasteiger partial charge in [0.15, 0.2) is 0 Å². The van der Waals surface area contributed by atoms with Gasteiger partial charge in [-0.25, -0.2) is 4.68 Å². The first kappa shape index (κ1) is 16.5. The molecule has 0 bridgehead atoms. The number of nitrogens with zero attached hydrogens (tertiary/aromatic N) is 3. The van der Waals surface area contributed by atoms with Gasteiger partial charge < -0.3 is 5.32 Å². The third-order valence-electron chi connectivity index (χ3n) is 3.54. The molecule has 6 nitrogen and oxygen atoms in total. The normalized spacial score (nSPS) is 10.8. The summed E-state index contributed by atoms with van der Waals surface area (Å²) in [5, 5.41) is 9.38. The Morgan fingerprint density at radius 1 is 1.33 bits per heavy atom. The van der Waals surface area contributed by atoms with Gasteiger partial charge in [-0.1, -0.05) is 41.1 Å². The van der Waals surface area contributed by atoms with Gasteiger partial charge in [-0.3, -0.25) is 14.2 Å². The lowest BCUT2D eigenvalue weighted by molar-refractivity contribution is -0.116. The summed E-state index contributed by atoms with van der Waals surface area (Å²) in [7, 11) is 0. The minimum Gasteiger partial charge on any atom is -0.309 e. The molecule has 0 aliphatic rings. The van der Waals surface area contributed by atoms with Crippen LogP contribution in [0.5, 0.6) is 0 Å². The molecular formula is C16H15ClN4O2S. The Morgan fingerprint density at radius 3 is 2.83 bits per heavy atom. The number of benzene rings is 1. The Hall–Kier alpha value is -2.38. The lowest BCUT2D eigenvalue weighted by Gasteiger charge is -2.10. The summed E-state index contributed by atoms with van der Waals surface area (Å²) < 4.78 is 3.09. The maximum absolute atomic E-state index is 12.2. The van der Waals surface area contributed by atoms with Crippen LogP contribution in [0.15, 0.2) is 46.7 Å². The van der Waals surface area contributed by atoms with Crippen LogP contribution in [-0.4, -0.2) is 20.3 Å². The van der Waals surface area contributed by atoms with Crippen LogP contribution in [0, 0.1) is 6.92 Å². The molecule has 0 spiro atoms. The number of amides is 1. The third kappa shape index (κ3) is 3.58. The highest BCUT2D eigenvalue weighted by Crippen LogP contribution is 2.18. The van der Waals surface area contributed by atoms with Crippen LogP contribution in [0.2, 0.25) is 5.02 Å². The highest BCUT2D eigenvalue weighted by Gasteiger charge is 2.12. The summed E-state index contributed by atoms with van der Waals surface area (Å²) in [6, 6.07) is 9.18. The van der Waals surface area contributed by atoms with Crippen molar-refractivity contribution in [3.63, 3.8) is 0 Å². The third-order valence-corrected chi connectivity index (χ3v) is 4.79. The van der Waals surface area contributed by atoms with Crippen molar-refractivity contribution in [3.8, 4) is 0 Å². The zero-order chi connectivity index (χ0) is 17.1. The van der Waals surface area contributed by atoms with E-state index in [0.717, 1.165) is 22.6 Å². The second-order valence-corrected chi connectivity index (χ2v) is 6.47. The zero-order valence-electron chi connectivity index (χ0n) is 12.9. The van der Waals surface area contributed by atoms with E-state index >= 15 is 0 Å².